The summed E-state index contributed by atoms with van der Waals surface area (Å²) in [7, 11) is 0. The molecule has 1 saturated carbocycles. The maximum absolute atomic E-state index is 11.4. The summed E-state index contributed by atoms with van der Waals surface area (Å²) in [6.07, 6.45) is 5.52. The zero-order valence-electron chi connectivity index (χ0n) is 7.91. The third-order valence-corrected chi connectivity index (χ3v) is 3.20. The molecular formula is C10H17NO2. The van der Waals surface area contributed by atoms with Crippen molar-refractivity contribution in [2.24, 2.45) is 0 Å². The quantitative estimate of drug-likeness (QED) is 0.656. The van der Waals surface area contributed by atoms with Crippen LogP contribution in [0.2, 0.25) is 0 Å². The van der Waals surface area contributed by atoms with Crippen LogP contribution in [0, 0.1) is 0 Å². The predicted molar refractivity (Wildman–Crippen MR) is 49.2 cm³/mol. The number of nitrogens with zero attached hydrogens (tertiary/aromatic N) is 1. The molecule has 0 aromatic rings. The number of rotatable bonds is 1. The SMILES string of the molecule is O=C1CCCN1[C@@H]1CCCC[C@H]1O. The average molecular weight is 183 g/mol. The smallest absolute Gasteiger partial charge is 0.222 e. The molecule has 1 aliphatic carbocycles. The molecule has 0 spiro atoms. The van der Waals surface area contributed by atoms with Crippen LogP contribution in [0.1, 0.15) is 38.5 Å². The topological polar surface area (TPSA) is 40.5 Å². The molecule has 2 rings (SSSR count). The van der Waals surface area contributed by atoms with Gasteiger partial charge in [-0.15, -0.1) is 0 Å². The van der Waals surface area contributed by atoms with Crippen LogP contribution >= 0.6 is 0 Å². The van der Waals surface area contributed by atoms with Crippen LogP contribution in [0.5, 0.6) is 0 Å². The summed E-state index contributed by atoms with van der Waals surface area (Å²) in [5.74, 6) is 0.242. The summed E-state index contributed by atoms with van der Waals surface area (Å²) >= 11 is 0. The van der Waals surface area contributed by atoms with Gasteiger partial charge in [-0.05, 0) is 19.3 Å². The Kier molecular flexibility index (Phi) is 2.54. The van der Waals surface area contributed by atoms with Gasteiger partial charge in [-0.3, -0.25) is 4.79 Å². The molecular weight excluding hydrogens is 166 g/mol. The van der Waals surface area contributed by atoms with Crippen molar-refractivity contribution >= 4 is 5.91 Å². The molecule has 0 unspecified atom stereocenters. The van der Waals surface area contributed by atoms with Crippen molar-refractivity contribution in [1.29, 1.82) is 0 Å². The second kappa shape index (κ2) is 3.66. The van der Waals surface area contributed by atoms with Gasteiger partial charge in [0.05, 0.1) is 12.1 Å². The van der Waals surface area contributed by atoms with Crippen molar-refractivity contribution in [3.63, 3.8) is 0 Å². The normalized spacial score (nSPS) is 35.5. The second-order valence-corrected chi connectivity index (χ2v) is 4.11. The lowest BCUT2D eigenvalue weighted by Crippen LogP contribution is -2.45. The lowest BCUT2D eigenvalue weighted by Gasteiger charge is -2.34. The van der Waals surface area contributed by atoms with E-state index in [1.54, 1.807) is 0 Å². The molecule has 3 heteroatoms. The number of carbonyl (C=O) groups excluding carboxylic acids is 1. The number of hydrogen-bond donors (Lipinski definition) is 1. The van der Waals surface area contributed by atoms with Crippen molar-refractivity contribution in [3.05, 3.63) is 0 Å². The van der Waals surface area contributed by atoms with Crippen molar-refractivity contribution in [2.45, 2.75) is 50.7 Å². The Morgan fingerprint density at radius 1 is 1.23 bits per heavy atom. The van der Waals surface area contributed by atoms with Crippen LogP contribution < -0.4 is 0 Å². The zero-order chi connectivity index (χ0) is 9.26. The molecule has 0 aromatic heterocycles. The molecule has 1 saturated heterocycles. The van der Waals surface area contributed by atoms with E-state index in [4.69, 9.17) is 0 Å². The van der Waals surface area contributed by atoms with E-state index >= 15 is 0 Å². The Labute approximate surface area is 78.7 Å². The van der Waals surface area contributed by atoms with E-state index in [1.165, 1.54) is 0 Å². The summed E-state index contributed by atoms with van der Waals surface area (Å²) in [5, 5.41) is 9.75. The molecule has 3 nitrogen and oxygen atoms in total. The summed E-state index contributed by atoms with van der Waals surface area (Å²) in [6.45, 7) is 0.862. The van der Waals surface area contributed by atoms with Crippen molar-refractivity contribution in [2.75, 3.05) is 6.54 Å². The van der Waals surface area contributed by atoms with Crippen LogP contribution in [0.25, 0.3) is 0 Å². The molecule has 1 aliphatic heterocycles. The molecule has 1 amide bonds. The molecule has 2 atom stereocenters. The number of hydrogen-bond acceptors (Lipinski definition) is 2. The van der Waals surface area contributed by atoms with Crippen LogP contribution in [0.4, 0.5) is 0 Å². The molecule has 1 heterocycles. The monoisotopic (exact) mass is 183 g/mol. The zero-order valence-corrected chi connectivity index (χ0v) is 7.91. The van der Waals surface area contributed by atoms with Gasteiger partial charge in [0, 0.05) is 13.0 Å². The Hall–Kier alpha value is -0.570. The molecule has 2 fully saturated rings. The first-order chi connectivity index (χ1) is 6.29. The number of aliphatic hydroxyl groups excluding tert-OH is 1. The summed E-state index contributed by atoms with van der Waals surface area (Å²) < 4.78 is 0. The Balaban J connectivity index is 2.01. The molecule has 0 bridgehead atoms. The lowest BCUT2D eigenvalue weighted by atomic mass is 9.91. The van der Waals surface area contributed by atoms with Crippen molar-refractivity contribution in [3.8, 4) is 0 Å². The molecule has 0 radical (unpaired) electrons. The fraction of sp³-hybridized carbons (Fsp3) is 0.900. The minimum Gasteiger partial charge on any atom is -0.391 e. The van der Waals surface area contributed by atoms with Gasteiger partial charge in [-0.1, -0.05) is 12.8 Å². The van der Waals surface area contributed by atoms with Crippen LogP contribution in [0.3, 0.4) is 0 Å². The number of amides is 1. The second-order valence-electron chi connectivity index (χ2n) is 4.11. The fourth-order valence-electron chi connectivity index (χ4n) is 2.47. The Bertz CT molecular complexity index is 205. The highest BCUT2D eigenvalue weighted by Gasteiger charge is 2.33. The van der Waals surface area contributed by atoms with E-state index in [0.717, 1.165) is 38.6 Å². The van der Waals surface area contributed by atoms with E-state index in [1.807, 2.05) is 4.90 Å². The number of likely N-dealkylation sites (tertiary alicyclic amines) is 1. The minimum atomic E-state index is -0.268. The summed E-state index contributed by atoms with van der Waals surface area (Å²) in [4.78, 5) is 13.3. The van der Waals surface area contributed by atoms with E-state index in [9.17, 15) is 9.90 Å². The van der Waals surface area contributed by atoms with Gasteiger partial charge in [0.2, 0.25) is 5.91 Å². The van der Waals surface area contributed by atoms with Gasteiger partial charge in [0.15, 0.2) is 0 Å². The molecule has 0 aromatic carbocycles. The fourth-order valence-corrected chi connectivity index (χ4v) is 2.47. The maximum atomic E-state index is 11.4. The first-order valence-corrected chi connectivity index (χ1v) is 5.26. The third kappa shape index (κ3) is 1.70. The van der Waals surface area contributed by atoms with Crippen molar-refractivity contribution in [1.82, 2.24) is 4.90 Å². The average Bonchev–Trinajstić information content (AvgIpc) is 2.52. The van der Waals surface area contributed by atoms with Gasteiger partial charge in [-0.25, -0.2) is 0 Å². The first-order valence-electron chi connectivity index (χ1n) is 5.26. The summed E-state index contributed by atoms with van der Waals surface area (Å²) in [6, 6.07) is 0.128. The third-order valence-electron chi connectivity index (χ3n) is 3.20. The van der Waals surface area contributed by atoms with E-state index in [2.05, 4.69) is 0 Å². The molecule has 2 aliphatic rings. The highest BCUT2D eigenvalue weighted by atomic mass is 16.3. The van der Waals surface area contributed by atoms with E-state index in [-0.39, 0.29) is 18.1 Å². The van der Waals surface area contributed by atoms with E-state index in [0.29, 0.717) is 6.42 Å². The van der Waals surface area contributed by atoms with Gasteiger partial charge in [0.25, 0.3) is 0 Å². The first kappa shape index (κ1) is 9.00. The lowest BCUT2D eigenvalue weighted by molar-refractivity contribution is -0.133. The molecule has 74 valence electrons. The van der Waals surface area contributed by atoms with Gasteiger partial charge < -0.3 is 10.0 Å². The number of aliphatic hydroxyl groups is 1. The predicted octanol–water partition coefficient (Wildman–Crippen LogP) is 0.912. The Morgan fingerprint density at radius 3 is 2.62 bits per heavy atom. The van der Waals surface area contributed by atoms with Crippen LogP contribution in [0.15, 0.2) is 0 Å². The molecule has 1 N–H and O–H groups in total. The van der Waals surface area contributed by atoms with Crippen LogP contribution in [-0.4, -0.2) is 34.6 Å². The van der Waals surface area contributed by atoms with Crippen molar-refractivity contribution < 1.29 is 9.90 Å². The van der Waals surface area contributed by atoms with Crippen LogP contribution in [-0.2, 0) is 4.79 Å². The minimum absolute atomic E-state index is 0.128. The Morgan fingerprint density at radius 2 is 2.00 bits per heavy atom. The van der Waals surface area contributed by atoms with Gasteiger partial charge in [0.1, 0.15) is 0 Å². The van der Waals surface area contributed by atoms with E-state index < -0.39 is 0 Å². The van der Waals surface area contributed by atoms with Gasteiger partial charge in [-0.2, -0.15) is 0 Å². The maximum Gasteiger partial charge on any atom is 0.222 e. The standard InChI is InChI=1S/C10H17NO2/c12-9-5-2-1-4-8(9)11-7-3-6-10(11)13/h8-9,12H,1-7H2/t8-,9-/m1/s1. The summed E-state index contributed by atoms with van der Waals surface area (Å²) in [5.41, 5.74) is 0. The highest BCUT2D eigenvalue weighted by Crippen LogP contribution is 2.26. The molecule has 13 heavy (non-hydrogen) atoms. The largest absolute Gasteiger partial charge is 0.391 e. The highest BCUT2D eigenvalue weighted by molar-refractivity contribution is 5.78. The van der Waals surface area contributed by atoms with Gasteiger partial charge >= 0.3 is 0 Å². The number of carbonyl (C=O) groups is 1.